The second kappa shape index (κ2) is 9.78. The maximum Gasteiger partial charge on any atom is 0.260 e. The summed E-state index contributed by atoms with van der Waals surface area (Å²) in [7, 11) is 0. The van der Waals surface area contributed by atoms with Gasteiger partial charge in [-0.05, 0) is 25.1 Å². The number of thiazole rings is 1. The lowest BCUT2D eigenvalue weighted by atomic mass is 10.1. The molecule has 2 aromatic carbocycles. The molecule has 4 rings (SSSR count). The van der Waals surface area contributed by atoms with Gasteiger partial charge in [0, 0.05) is 37.8 Å². The lowest BCUT2D eigenvalue weighted by Gasteiger charge is -2.29. The summed E-state index contributed by atoms with van der Waals surface area (Å²) < 4.78 is 33.5. The molecule has 1 aromatic heterocycles. The first-order chi connectivity index (χ1) is 14.0. The highest BCUT2D eigenvalue weighted by Crippen LogP contribution is 2.32. The molecule has 0 unspecified atom stereocenters. The van der Waals surface area contributed by atoms with E-state index in [0.29, 0.717) is 41.7 Å². The number of nitrogens with zero attached hydrogens (tertiary/aromatic N) is 3. The number of ether oxygens (including phenoxy) is 1. The van der Waals surface area contributed by atoms with Crippen LogP contribution in [-0.2, 0) is 4.74 Å². The SMILES string of the molecule is Cc1ccc(C(=O)N(CCN2CCOCC2)c2nc3c(F)cc(F)cc3s2)cc1.Cl. The van der Waals surface area contributed by atoms with Crippen molar-refractivity contribution < 1.29 is 18.3 Å². The monoisotopic (exact) mass is 453 g/mol. The predicted molar refractivity (Wildman–Crippen MR) is 117 cm³/mol. The van der Waals surface area contributed by atoms with Crippen LogP contribution in [0.1, 0.15) is 15.9 Å². The number of aromatic nitrogens is 1. The zero-order valence-electron chi connectivity index (χ0n) is 16.4. The second-order valence-corrected chi connectivity index (χ2v) is 8.02. The Labute approximate surface area is 183 Å². The van der Waals surface area contributed by atoms with Gasteiger partial charge in [0.15, 0.2) is 10.9 Å². The third kappa shape index (κ3) is 4.95. The van der Waals surface area contributed by atoms with Gasteiger partial charge in [0.1, 0.15) is 11.3 Å². The van der Waals surface area contributed by atoms with Gasteiger partial charge in [0.05, 0.1) is 17.9 Å². The van der Waals surface area contributed by atoms with Gasteiger partial charge in [-0.3, -0.25) is 14.6 Å². The van der Waals surface area contributed by atoms with Crippen molar-refractivity contribution in [3.05, 3.63) is 59.2 Å². The third-order valence-corrected chi connectivity index (χ3v) is 5.95. The zero-order chi connectivity index (χ0) is 20.4. The molecule has 0 atom stereocenters. The van der Waals surface area contributed by atoms with E-state index < -0.39 is 11.6 Å². The molecule has 2 heterocycles. The highest BCUT2D eigenvalue weighted by Gasteiger charge is 2.23. The number of aryl methyl sites for hydroxylation is 1. The van der Waals surface area contributed by atoms with Crippen molar-refractivity contribution in [2.45, 2.75) is 6.92 Å². The fourth-order valence-corrected chi connectivity index (χ4v) is 4.29. The molecule has 0 radical (unpaired) electrons. The second-order valence-electron chi connectivity index (χ2n) is 7.01. The standard InChI is InChI=1S/C21H21F2N3O2S.ClH/c1-14-2-4-15(5-3-14)20(27)26(7-6-25-8-10-28-11-9-25)21-24-19-17(23)12-16(22)13-18(19)29-21;/h2-5,12-13H,6-11H2,1H3;1H. The van der Waals surface area contributed by atoms with E-state index >= 15 is 0 Å². The van der Waals surface area contributed by atoms with E-state index in [4.69, 9.17) is 4.74 Å². The number of benzene rings is 2. The minimum absolute atomic E-state index is 0. The van der Waals surface area contributed by atoms with E-state index in [1.54, 1.807) is 17.0 Å². The first-order valence-corrected chi connectivity index (χ1v) is 10.3. The maximum atomic E-state index is 14.1. The van der Waals surface area contributed by atoms with E-state index in [9.17, 15) is 13.6 Å². The number of carbonyl (C=O) groups is 1. The molecule has 0 spiro atoms. The molecule has 1 amide bonds. The number of morpholine rings is 1. The van der Waals surface area contributed by atoms with Crippen LogP contribution in [-0.4, -0.2) is 55.2 Å². The summed E-state index contributed by atoms with van der Waals surface area (Å²) in [5.41, 5.74) is 1.67. The average Bonchev–Trinajstić information content (AvgIpc) is 3.13. The minimum Gasteiger partial charge on any atom is -0.379 e. The maximum absolute atomic E-state index is 14.1. The molecule has 160 valence electrons. The van der Waals surface area contributed by atoms with Gasteiger partial charge in [-0.15, -0.1) is 12.4 Å². The van der Waals surface area contributed by atoms with Gasteiger partial charge >= 0.3 is 0 Å². The number of hydrogen-bond donors (Lipinski definition) is 0. The molecule has 0 bridgehead atoms. The van der Waals surface area contributed by atoms with Crippen LogP contribution in [0.3, 0.4) is 0 Å². The molecule has 1 saturated heterocycles. The summed E-state index contributed by atoms with van der Waals surface area (Å²) >= 11 is 1.12. The Kier molecular flexibility index (Phi) is 7.36. The van der Waals surface area contributed by atoms with Crippen molar-refractivity contribution in [2.24, 2.45) is 0 Å². The first-order valence-electron chi connectivity index (χ1n) is 9.45. The van der Waals surface area contributed by atoms with E-state index in [-0.39, 0.29) is 23.8 Å². The Morgan fingerprint density at radius 1 is 1.20 bits per heavy atom. The largest absolute Gasteiger partial charge is 0.379 e. The smallest absolute Gasteiger partial charge is 0.260 e. The summed E-state index contributed by atoms with van der Waals surface area (Å²) in [5, 5.41) is 0.364. The molecular formula is C21H22ClF2N3O2S. The molecule has 1 fully saturated rings. The molecule has 0 N–H and O–H groups in total. The van der Waals surface area contributed by atoms with Gasteiger partial charge < -0.3 is 4.74 Å². The van der Waals surface area contributed by atoms with Crippen molar-refractivity contribution in [3.63, 3.8) is 0 Å². The van der Waals surface area contributed by atoms with Crippen LogP contribution < -0.4 is 4.90 Å². The van der Waals surface area contributed by atoms with E-state index in [2.05, 4.69) is 9.88 Å². The fourth-order valence-electron chi connectivity index (χ4n) is 3.26. The topological polar surface area (TPSA) is 45.7 Å². The van der Waals surface area contributed by atoms with Crippen molar-refractivity contribution in [1.82, 2.24) is 9.88 Å². The number of amides is 1. The van der Waals surface area contributed by atoms with Gasteiger partial charge in [0.2, 0.25) is 0 Å². The molecule has 0 saturated carbocycles. The van der Waals surface area contributed by atoms with Gasteiger partial charge in [-0.25, -0.2) is 13.8 Å². The van der Waals surface area contributed by atoms with Crippen molar-refractivity contribution in [2.75, 3.05) is 44.3 Å². The molecule has 3 aromatic rings. The van der Waals surface area contributed by atoms with E-state index in [1.807, 2.05) is 19.1 Å². The number of rotatable bonds is 5. The third-order valence-electron chi connectivity index (χ3n) is 4.92. The van der Waals surface area contributed by atoms with Crippen LogP contribution in [0, 0.1) is 18.6 Å². The lowest BCUT2D eigenvalue weighted by molar-refractivity contribution is 0.0391. The lowest BCUT2D eigenvalue weighted by Crippen LogP contribution is -2.43. The quantitative estimate of drug-likeness (QED) is 0.578. The Morgan fingerprint density at radius 3 is 2.60 bits per heavy atom. The molecule has 30 heavy (non-hydrogen) atoms. The molecular weight excluding hydrogens is 432 g/mol. The van der Waals surface area contributed by atoms with Crippen molar-refractivity contribution >= 4 is 45.0 Å². The molecule has 1 aliphatic heterocycles. The number of anilines is 1. The van der Waals surface area contributed by atoms with Crippen LogP contribution in [0.5, 0.6) is 0 Å². The van der Waals surface area contributed by atoms with Crippen molar-refractivity contribution in [3.8, 4) is 0 Å². The minimum atomic E-state index is -0.724. The van der Waals surface area contributed by atoms with Crippen LogP contribution in [0.15, 0.2) is 36.4 Å². The summed E-state index contributed by atoms with van der Waals surface area (Å²) in [4.78, 5) is 21.3. The van der Waals surface area contributed by atoms with Crippen LogP contribution in [0.25, 0.3) is 10.2 Å². The number of halogens is 3. The Morgan fingerprint density at radius 2 is 1.90 bits per heavy atom. The molecule has 0 aliphatic carbocycles. The van der Waals surface area contributed by atoms with Crippen LogP contribution in [0.2, 0.25) is 0 Å². The van der Waals surface area contributed by atoms with Gasteiger partial charge in [0.25, 0.3) is 5.91 Å². The van der Waals surface area contributed by atoms with E-state index in [0.717, 1.165) is 36.1 Å². The summed E-state index contributed by atoms with van der Waals surface area (Å²) in [6, 6.07) is 9.35. The Balaban J connectivity index is 0.00000256. The van der Waals surface area contributed by atoms with Gasteiger partial charge in [-0.1, -0.05) is 29.0 Å². The molecule has 5 nitrogen and oxygen atoms in total. The molecule has 1 aliphatic rings. The Bertz CT molecular complexity index is 1020. The number of hydrogen-bond acceptors (Lipinski definition) is 5. The van der Waals surface area contributed by atoms with Crippen molar-refractivity contribution in [1.29, 1.82) is 0 Å². The van der Waals surface area contributed by atoms with E-state index in [1.165, 1.54) is 6.07 Å². The highest BCUT2D eigenvalue weighted by atomic mass is 35.5. The number of carbonyl (C=O) groups excluding carboxylic acids is 1. The van der Waals surface area contributed by atoms with Crippen LogP contribution in [0.4, 0.5) is 13.9 Å². The summed E-state index contributed by atoms with van der Waals surface area (Å²) in [5.74, 6) is -1.59. The van der Waals surface area contributed by atoms with Gasteiger partial charge in [-0.2, -0.15) is 0 Å². The summed E-state index contributed by atoms with van der Waals surface area (Å²) in [6.45, 7) is 5.92. The normalized spacial score (nSPS) is 14.5. The highest BCUT2D eigenvalue weighted by molar-refractivity contribution is 7.22. The fraction of sp³-hybridized carbons (Fsp3) is 0.333. The number of fused-ring (bicyclic) bond motifs is 1. The van der Waals surface area contributed by atoms with Crippen LogP contribution >= 0.6 is 23.7 Å². The Hall–Kier alpha value is -2.13. The first kappa shape index (κ1) is 22.6. The summed E-state index contributed by atoms with van der Waals surface area (Å²) in [6.07, 6.45) is 0. The molecule has 9 heteroatoms. The average molecular weight is 454 g/mol. The zero-order valence-corrected chi connectivity index (χ0v) is 18.1. The predicted octanol–water partition coefficient (Wildman–Crippen LogP) is 4.28.